The van der Waals surface area contributed by atoms with Crippen LogP contribution in [0.4, 0.5) is 17.6 Å². The van der Waals surface area contributed by atoms with Gasteiger partial charge in [0.1, 0.15) is 11.5 Å². The molecule has 1 spiro atoms. The molecule has 3 heterocycles. The highest BCUT2D eigenvalue weighted by atomic mass is 32.2. The third-order valence-electron chi connectivity index (χ3n) is 8.80. The average molecular weight is 576 g/mol. The van der Waals surface area contributed by atoms with Gasteiger partial charge in [0, 0.05) is 35.5 Å². The zero-order chi connectivity index (χ0) is 27.9. The molecule has 0 radical (unpaired) electrons. The van der Waals surface area contributed by atoms with E-state index >= 15 is 0 Å². The summed E-state index contributed by atoms with van der Waals surface area (Å²) in [5.74, 6) is 0.155. The molecule has 6 rings (SSSR count). The maximum absolute atomic E-state index is 13.9. The Morgan fingerprint density at radius 1 is 1.18 bits per heavy atom. The molecule has 5 atom stereocenters. The quantitative estimate of drug-likeness (QED) is 0.266. The van der Waals surface area contributed by atoms with Crippen molar-refractivity contribution in [2.75, 3.05) is 32.6 Å². The highest BCUT2D eigenvalue weighted by Gasteiger charge is 2.54. The van der Waals surface area contributed by atoms with E-state index in [4.69, 9.17) is 9.47 Å². The molecule has 0 amide bonds. The molecule has 3 fully saturated rings. The second-order valence-electron chi connectivity index (χ2n) is 11.1. The summed E-state index contributed by atoms with van der Waals surface area (Å²) in [6, 6.07) is 12.2. The Labute approximate surface area is 235 Å². The number of nitrogens with one attached hydrogen (secondary N) is 1. The Kier molecular flexibility index (Phi) is 7.71. The summed E-state index contributed by atoms with van der Waals surface area (Å²) in [6.07, 6.45) is 3.18. The smallest absolute Gasteiger partial charge is 0.376 e. The summed E-state index contributed by atoms with van der Waals surface area (Å²) in [4.78, 5) is 4.80. The van der Waals surface area contributed by atoms with Gasteiger partial charge >= 0.3 is 6.18 Å². The summed E-state index contributed by atoms with van der Waals surface area (Å²) in [5.41, 5.74) is 1.27. The minimum Gasteiger partial charge on any atom is -0.376 e. The van der Waals surface area contributed by atoms with Crippen LogP contribution in [0.25, 0.3) is 5.69 Å². The van der Waals surface area contributed by atoms with Crippen LogP contribution in [0.3, 0.4) is 0 Å². The van der Waals surface area contributed by atoms with Crippen molar-refractivity contribution >= 4 is 11.8 Å². The molecule has 3 aliphatic rings. The van der Waals surface area contributed by atoms with E-state index in [1.165, 1.54) is 18.5 Å². The van der Waals surface area contributed by atoms with Gasteiger partial charge in [-0.1, -0.05) is 12.1 Å². The van der Waals surface area contributed by atoms with Crippen LogP contribution in [0.5, 0.6) is 0 Å². The molecule has 1 aromatic heterocycles. The first-order valence-corrected chi connectivity index (χ1v) is 15.0. The van der Waals surface area contributed by atoms with Crippen molar-refractivity contribution in [2.24, 2.45) is 5.92 Å². The van der Waals surface area contributed by atoms with Gasteiger partial charge in [-0.2, -0.15) is 13.2 Å². The molecule has 40 heavy (non-hydrogen) atoms. The summed E-state index contributed by atoms with van der Waals surface area (Å²) >= 11 is 1.58. The van der Waals surface area contributed by atoms with Crippen LogP contribution in [-0.4, -0.2) is 53.8 Å². The molecule has 1 N–H and O–H groups in total. The Hall–Kier alpha value is -2.40. The number of thioether (sulfide) groups is 1. The van der Waals surface area contributed by atoms with Crippen molar-refractivity contribution in [3.05, 3.63) is 77.6 Å². The lowest BCUT2D eigenvalue weighted by Gasteiger charge is -2.36. The van der Waals surface area contributed by atoms with E-state index in [0.29, 0.717) is 24.8 Å². The first-order valence-electron chi connectivity index (χ1n) is 13.8. The topological polar surface area (TPSA) is 48.3 Å². The molecule has 10 heteroatoms. The number of morpholine rings is 1. The number of halogens is 4. The maximum atomic E-state index is 13.9. The fourth-order valence-corrected chi connectivity index (χ4v) is 7.75. The third-order valence-corrected chi connectivity index (χ3v) is 9.61. The first kappa shape index (κ1) is 27.8. The van der Waals surface area contributed by atoms with E-state index in [1.807, 2.05) is 30.5 Å². The highest BCUT2D eigenvalue weighted by molar-refractivity contribution is 7.98. The SMILES string of the molecule is CSc1ccc(-n2cncc2C(F)(F)F)cc1[C@H]1CO[C@]2(CC[C@@H](CC3CNCCO3)[C@H]2c2ccc(F)cc2)C1. The van der Waals surface area contributed by atoms with Crippen LogP contribution in [0.15, 0.2) is 59.9 Å². The van der Waals surface area contributed by atoms with E-state index in [0.717, 1.165) is 65.6 Å². The molecular formula is C30H33F4N3O2S. The van der Waals surface area contributed by atoms with Crippen molar-refractivity contribution in [2.45, 2.75) is 60.3 Å². The molecule has 3 aromatic rings. The predicted octanol–water partition coefficient (Wildman–Crippen LogP) is 6.57. The van der Waals surface area contributed by atoms with Crippen molar-refractivity contribution in [1.29, 1.82) is 0 Å². The molecule has 5 nitrogen and oxygen atoms in total. The molecule has 1 saturated carbocycles. The molecule has 2 aliphatic heterocycles. The first-order chi connectivity index (χ1) is 19.3. The van der Waals surface area contributed by atoms with Crippen molar-refractivity contribution in [3.8, 4) is 5.69 Å². The highest BCUT2D eigenvalue weighted by Crippen LogP contribution is 2.58. The van der Waals surface area contributed by atoms with Crippen molar-refractivity contribution in [3.63, 3.8) is 0 Å². The number of nitrogens with zero attached hydrogens (tertiary/aromatic N) is 2. The van der Waals surface area contributed by atoms with Gasteiger partial charge in [-0.3, -0.25) is 4.57 Å². The minimum atomic E-state index is -4.51. The Balaban J connectivity index is 1.32. The van der Waals surface area contributed by atoms with Gasteiger partial charge in [-0.25, -0.2) is 9.37 Å². The number of imidazole rings is 1. The molecule has 214 valence electrons. The number of ether oxygens (including phenoxy) is 2. The van der Waals surface area contributed by atoms with E-state index in [-0.39, 0.29) is 23.8 Å². The zero-order valence-corrected chi connectivity index (χ0v) is 23.1. The number of hydrogen-bond acceptors (Lipinski definition) is 5. The third kappa shape index (κ3) is 5.31. The van der Waals surface area contributed by atoms with E-state index < -0.39 is 17.5 Å². The van der Waals surface area contributed by atoms with Crippen LogP contribution in [-0.2, 0) is 15.7 Å². The van der Waals surface area contributed by atoms with Crippen LogP contribution in [0.1, 0.15) is 54.3 Å². The fourth-order valence-electron chi connectivity index (χ4n) is 7.08. The monoisotopic (exact) mass is 575 g/mol. The number of rotatable bonds is 6. The molecule has 2 saturated heterocycles. The number of benzene rings is 2. The molecular weight excluding hydrogens is 542 g/mol. The van der Waals surface area contributed by atoms with Crippen molar-refractivity contribution < 1.29 is 27.0 Å². The van der Waals surface area contributed by atoms with Crippen LogP contribution >= 0.6 is 11.8 Å². The number of hydrogen-bond donors (Lipinski definition) is 1. The van der Waals surface area contributed by atoms with Crippen LogP contribution < -0.4 is 5.32 Å². The lowest BCUT2D eigenvalue weighted by atomic mass is 9.75. The van der Waals surface area contributed by atoms with Gasteiger partial charge in [0.2, 0.25) is 0 Å². The van der Waals surface area contributed by atoms with E-state index in [9.17, 15) is 17.6 Å². The summed E-state index contributed by atoms with van der Waals surface area (Å²) in [5, 5.41) is 3.42. The van der Waals surface area contributed by atoms with Crippen LogP contribution in [0.2, 0.25) is 0 Å². The molecule has 2 aromatic carbocycles. The van der Waals surface area contributed by atoms with Gasteiger partial charge in [0.15, 0.2) is 0 Å². The normalized spacial score (nSPS) is 28.9. The lowest BCUT2D eigenvalue weighted by molar-refractivity contribution is -0.142. The van der Waals surface area contributed by atoms with Gasteiger partial charge in [0.05, 0.1) is 37.4 Å². The number of aromatic nitrogens is 2. The van der Waals surface area contributed by atoms with Gasteiger partial charge in [0.25, 0.3) is 0 Å². The van der Waals surface area contributed by atoms with Gasteiger partial charge in [-0.15, -0.1) is 11.8 Å². The standard InChI is InChI=1S/C30H33F4N3O2S/c1-40-26-7-6-23(37-18-36-16-27(37)30(32,33)34)13-25(26)21-14-29(39-17-21)9-8-20(12-24-15-35-10-11-38-24)28(29)19-2-4-22(31)5-3-19/h2-7,13,16,18,20-21,24,28,35H,8-12,14-15,17H2,1H3/t20-,21+,24?,28+,29+/m0/s1. The zero-order valence-electron chi connectivity index (χ0n) is 22.3. The second-order valence-corrected chi connectivity index (χ2v) is 12.0. The molecule has 1 unspecified atom stereocenters. The Morgan fingerprint density at radius 3 is 2.73 bits per heavy atom. The summed E-state index contributed by atoms with van der Waals surface area (Å²) in [7, 11) is 0. The summed E-state index contributed by atoms with van der Waals surface area (Å²) in [6.45, 7) is 2.86. The largest absolute Gasteiger partial charge is 0.433 e. The van der Waals surface area contributed by atoms with Crippen molar-refractivity contribution in [1.82, 2.24) is 14.9 Å². The van der Waals surface area contributed by atoms with Gasteiger partial charge < -0.3 is 14.8 Å². The maximum Gasteiger partial charge on any atom is 0.433 e. The fraction of sp³-hybridized carbons (Fsp3) is 0.500. The predicted molar refractivity (Wildman–Crippen MR) is 145 cm³/mol. The van der Waals surface area contributed by atoms with Crippen LogP contribution in [0, 0.1) is 11.7 Å². The minimum absolute atomic E-state index is 0.0227. The number of alkyl halides is 3. The molecule has 1 aliphatic carbocycles. The van der Waals surface area contributed by atoms with E-state index in [2.05, 4.69) is 10.3 Å². The Bertz CT molecular complexity index is 1330. The average Bonchev–Trinajstić information content (AvgIpc) is 3.69. The second kappa shape index (κ2) is 11.1. The summed E-state index contributed by atoms with van der Waals surface area (Å²) < 4.78 is 68.7. The van der Waals surface area contributed by atoms with E-state index in [1.54, 1.807) is 17.8 Å². The van der Waals surface area contributed by atoms with Gasteiger partial charge in [-0.05, 0) is 79.3 Å². The molecule has 0 bridgehead atoms. The Morgan fingerprint density at radius 2 is 2.00 bits per heavy atom. The lowest BCUT2D eigenvalue weighted by Crippen LogP contribution is -2.40.